The summed E-state index contributed by atoms with van der Waals surface area (Å²) in [6, 6.07) is 6.18. The van der Waals surface area contributed by atoms with Gasteiger partial charge in [0, 0.05) is 37.1 Å². The fourth-order valence-electron chi connectivity index (χ4n) is 3.76. The maximum atomic E-state index is 12.9. The molecular weight excluding hydrogens is 378 g/mol. The van der Waals surface area contributed by atoms with E-state index in [4.69, 9.17) is 9.73 Å². The molecule has 0 amide bonds. The summed E-state index contributed by atoms with van der Waals surface area (Å²) >= 11 is 0. The maximum Gasteiger partial charge on any atom is 0.276 e. The molecule has 0 unspecified atom stereocenters. The lowest BCUT2D eigenvalue weighted by molar-refractivity contribution is 0.205. The van der Waals surface area contributed by atoms with Gasteiger partial charge in [-0.15, -0.1) is 0 Å². The number of benzene rings is 1. The second kappa shape index (κ2) is 8.83. The molecule has 0 aliphatic heterocycles. The van der Waals surface area contributed by atoms with Crippen LogP contribution in [0, 0.1) is 13.8 Å². The summed E-state index contributed by atoms with van der Waals surface area (Å²) in [5.74, 6) is 0.0910. The summed E-state index contributed by atoms with van der Waals surface area (Å²) in [7, 11) is 1.71. The molecule has 1 aromatic carbocycles. The van der Waals surface area contributed by atoms with E-state index in [0.717, 1.165) is 35.7 Å². The Hall–Kier alpha value is -2.93. The zero-order chi connectivity index (χ0) is 22.0. The Morgan fingerprint density at radius 3 is 2.67 bits per heavy atom. The number of methoxy groups -OCH3 is 1. The molecule has 7 heteroatoms. The second-order valence-corrected chi connectivity index (χ2v) is 7.82. The summed E-state index contributed by atoms with van der Waals surface area (Å²) in [6.45, 7) is 16.5. The van der Waals surface area contributed by atoms with E-state index in [1.165, 1.54) is 4.52 Å². The maximum absolute atomic E-state index is 12.9. The van der Waals surface area contributed by atoms with Crippen LogP contribution in [-0.4, -0.2) is 41.4 Å². The molecule has 0 aliphatic carbocycles. The minimum Gasteiger partial charge on any atom is -0.383 e. The third-order valence-electron chi connectivity index (χ3n) is 5.36. The summed E-state index contributed by atoms with van der Waals surface area (Å²) < 4.78 is 6.67. The molecule has 0 saturated heterocycles. The number of anilines is 1. The average molecular weight is 410 g/mol. The van der Waals surface area contributed by atoms with Gasteiger partial charge in [-0.1, -0.05) is 20.4 Å². The smallest absolute Gasteiger partial charge is 0.276 e. The van der Waals surface area contributed by atoms with Crippen LogP contribution in [0.15, 0.2) is 28.0 Å². The first-order valence-electron chi connectivity index (χ1n) is 10.3. The van der Waals surface area contributed by atoms with Crippen molar-refractivity contribution in [1.29, 1.82) is 0 Å². The number of hydrogen-bond donors (Lipinski definition) is 1. The Morgan fingerprint density at radius 2 is 2.07 bits per heavy atom. The van der Waals surface area contributed by atoms with Crippen molar-refractivity contribution >= 4 is 23.6 Å². The Morgan fingerprint density at radius 1 is 1.33 bits per heavy atom. The summed E-state index contributed by atoms with van der Waals surface area (Å²) in [4.78, 5) is 24.7. The highest BCUT2D eigenvalue weighted by Crippen LogP contribution is 2.24. The monoisotopic (exact) mass is 409 g/mol. The molecule has 2 aromatic heterocycles. The van der Waals surface area contributed by atoms with Crippen molar-refractivity contribution in [1.82, 2.24) is 14.6 Å². The Kier molecular flexibility index (Phi) is 6.41. The lowest BCUT2D eigenvalue weighted by Crippen LogP contribution is -2.26. The van der Waals surface area contributed by atoms with Crippen molar-refractivity contribution < 1.29 is 4.74 Å². The SMILES string of the molecule is C=c1[nH]n2c(=O)c(C(C)C)c(C)nc2c1=Nc1ccc(N(CC)CCOC)cc1C. The Labute approximate surface area is 176 Å². The fourth-order valence-corrected chi connectivity index (χ4v) is 3.76. The summed E-state index contributed by atoms with van der Waals surface area (Å²) in [5.41, 5.74) is 4.85. The number of likely N-dealkylation sites (N-methyl/N-ethyl adjacent to an activating group) is 1. The number of hydrogen-bond acceptors (Lipinski definition) is 5. The van der Waals surface area contributed by atoms with Crippen LogP contribution in [-0.2, 0) is 4.74 Å². The highest BCUT2D eigenvalue weighted by Gasteiger charge is 2.15. The molecule has 0 spiro atoms. The molecule has 0 saturated carbocycles. The normalized spacial score (nSPS) is 12.3. The lowest BCUT2D eigenvalue weighted by atomic mass is 10.0. The van der Waals surface area contributed by atoms with Crippen LogP contribution in [0.4, 0.5) is 11.4 Å². The molecule has 1 N–H and O–H groups in total. The molecule has 160 valence electrons. The highest BCUT2D eigenvalue weighted by atomic mass is 16.5. The van der Waals surface area contributed by atoms with Crippen molar-refractivity contribution in [3.05, 3.63) is 56.1 Å². The Bertz CT molecular complexity index is 1220. The molecule has 7 nitrogen and oxygen atoms in total. The largest absolute Gasteiger partial charge is 0.383 e. The van der Waals surface area contributed by atoms with Gasteiger partial charge in [0.15, 0.2) is 5.65 Å². The number of nitrogens with one attached hydrogen (secondary N) is 1. The molecule has 3 rings (SSSR count). The van der Waals surface area contributed by atoms with Gasteiger partial charge in [-0.3, -0.25) is 9.89 Å². The molecule has 0 aliphatic rings. The standard InChI is InChI=1S/C23H31N5O2/c1-8-27(11-12-30-7)18-9-10-19(15(4)13-18)25-21-17(6)26-28-22(21)24-16(5)20(14(2)3)23(28)29/h9-10,13-14,26H,6,8,11-12H2,1-5,7H3. The average Bonchev–Trinajstić information content (AvgIpc) is 3.00. The highest BCUT2D eigenvalue weighted by molar-refractivity contribution is 5.58. The van der Waals surface area contributed by atoms with Gasteiger partial charge in [0.05, 0.1) is 17.6 Å². The van der Waals surface area contributed by atoms with Gasteiger partial charge in [-0.25, -0.2) is 9.98 Å². The number of nitrogens with zero attached hydrogens (tertiary/aromatic N) is 4. The molecule has 30 heavy (non-hydrogen) atoms. The molecule has 0 radical (unpaired) electrons. The zero-order valence-corrected chi connectivity index (χ0v) is 18.7. The topological polar surface area (TPSA) is 75.0 Å². The van der Waals surface area contributed by atoms with E-state index in [2.05, 4.69) is 40.6 Å². The van der Waals surface area contributed by atoms with Crippen LogP contribution in [0.5, 0.6) is 0 Å². The van der Waals surface area contributed by atoms with Crippen molar-refractivity contribution in [3.63, 3.8) is 0 Å². The van der Waals surface area contributed by atoms with E-state index in [0.29, 0.717) is 28.5 Å². The molecule has 0 atom stereocenters. The predicted octanol–water partition coefficient (Wildman–Crippen LogP) is 2.60. The minimum atomic E-state index is -0.0948. The van der Waals surface area contributed by atoms with Crippen molar-refractivity contribution in [2.75, 3.05) is 31.7 Å². The van der Waals surface area contributed by atoms with Crippen LogP contribution < -0.4 is 21.2 Å². The zero-order valence-electron chi connectivity index (χ0n) is 18.7. The van der Waals surface area contributed by atoms with E-state index in [1.807, 2.05) is 33.8 Å². The molecule has 0 fully saturated rings. The molecular formula is C23H31N5O2. The van der Waals surface area contributed by atoms with Crippen molar-refractivity contribution in [3.8, 4) is 0 Å². The first-order valence-corrected chi connectivity index (χ1v) is 10.3. The van der Waals surface area contributed by atoms with Crippen LogP contribution in [0.1, 0.15) is 43.5 Å². The van der Waals surface area contributed by atoms with Gasteiger partial charge in [0.1, 0.15) is 5.36 Å². The van der Waals surface area contributed by atoms with Crippen molar-refractivity contribution in [2.45, 2.75) is 40.5 Å². The number of rotatable bonds is 7. The van der Waals surface area contributed by atoms with Gasteiger partial charge in [0.2, 0.25) is 0 Å². The first kappa shape index (κ1) is 21.8. The second-order valence-electron chi connectivity index (χ2n) is 7.82. The van der Waals surface area contributed by atoms with Crippen LogP contribution in [0.25, 0.3) is 12.2 Å². The predicted molar refractivity (Wildman–Crippen MR) is 122 cm³/mol. The number of fused-ring (bicyclic) bond motifs is 1. The number of aromatic nitrogens is 3. The number of aryl methyl sites for hydroxylation is 2. The third kappa shape index (κ3) is 4.03. The molecule has 2 heterocycles. The van der Waals surface area contributed by atoms with Gasteiger partial charge in [0.25, 0.3) is 5.56 Å². The van der Waals surface area contributed by atoms with E-state index in [9.17, 15) is 4.79 Å². The Balaban J connectivity index is 2.13. The lowest BCUT2D eigenvalue weighted by Gasteiger charge is -2.23. The number of H-pyrrole nitrogens is 1. The summed E-state index contributed by atoms with van der Waals surface area (Å²) in [5, 5.41) is 4.19. The van der Waals surface area contributed by atoms with E-state index in [-0.39, 0.29) is 11.5 Å². The van der Waals surface area contributed by atoms with E-state index >= 15 is 0 Å². The first-order chi connectivity index (χ1) is 14.3. The fraction of sp³-hybridized carbons (Fsp3) is 0.435. The van der Waals surface area contributed by atoms with Crippen LogP contribution in [0.3, 0.4) is 0 Å². The van der Waals surface area contributed by atoms with Gasteiger partial charge >= 0.3 is 0 Å². The van der Waals surface area contributed by atoms with E-state index < -0.39 is 0 Å². The van der Waals surface area contributed by atoms with Gasteiger partial charge in [-0.05, 0) is 50.5 Å². The third-order valence-corrected chi connectivity index (χ3v) is 5.36. The molecule has 3 aromatic rings. The van der Waals surface area contributed by atoms with Gasteiger partial charge in [-0.2, -0.15) is 4.52 Å². The van der Waals surface area contributed by atoms with E-state index in [1.54, 1.807) is 7.11 Å². The van der Waals surface area contributed by atoms with Gasteiger partial charge < -0.3 is 9.64 Å². The van der Waals surface area contributed by atoms with Crippen molar-refractivity contribution in [2.24, 2.45) is 4.99 Å². The van der Waals surface area contributed by atoms with Crippen LogP contribution >= 0.6 is 0 Å². The number of aromatic amines is 1. The number of ether oxygens (including phenoxy) is 1. The summed E-state index contributed by atoms with van der Waals surface area (Å²) in [6.07, 6.45) is 0. The quantitative estimate of drug-likeness (QED) is 0.651. The molecule has 0 bridgehead atoms. The minimum absolute atomic E-state index is 0.0910. The van der Waals surface area contributed by atoms with Crippen LogP contribution in [0.2, 0.25) is 0 Å².